The van der Waals surface area contributed by atoms with Crippen molar-refractivity contribution in [2.24, 2.45) is 0 Å². The SMILES string of the molecule is Cc1nc(-c2cccc(C(=O)OCc3cncs3)c2)cs1. The Bertz CT molecular complexity index is 751. The van der Waals surface area contributed by atoms with E-state index >= 15 is 0 Å². The fraction of sp³-hybridized carbons (Fsp3) is 0.133. The molecular weight excluding hydrogens is 304 g/mol. The van der Waals surface area contributed by atoms with E-state index in [0.717, 1.165) is 21.1 Å². The van der Waals surface area contributed by atoms with Gasteiger partial charge in [-0.1, -0.05) is 12.1 Å². The lowest BCUT2D eigenvalue weighted by atomic mass is 10.1. The number of carbonyl (C=O) groups is 1. The average Bonchev–Trinajstić information content (AvgIpc) is 3.16. The molecule has 6 heteroatoms. The maximum atomic E-state index is 12.1. The number of thiazole rings is 2. The molecule has 2 aromatic heterocycles. The highest BCUT2D eigenvalue weighted by molar-refractivity contribution is 7.10. The van der Waals surface area contributed by atoms with Gasteiger partial charge in [-0.3, -0.25) is 4.98 Å². The molecular formula is C15H12N2O2S2. The van der Waals surface area contributed by atoms with Gasteiger partial charge in [-0.2, -0.15) is 0 Å². The molecule has 0 saturated heterocycles. The van der Waals surface area contributed by atoms with Crippen LogP contribution < -0.4 is 0 Å². The summed E-state index contributed by atoms with van der Waals surface area (Å²) in [5.74, 6) is -0.336. The summed E-state index contributed by atoms with van der Waals surface area (Å²) in [7, 11) is 0. The summed E-state index contributed by atoms with van der Waals surface area (Å²) >= 11 is 3.06. The molecule has 3 rings (SSSR count). The van der Waals surface area contributed by atoms with Crippen LogP contribution >= 0.6 is 22.7 Å². The molecule has 0 spiro atoms. The Hall–Kier alpha value is -2.05. The second-order valence-corrected chi connectivity index (χ2v) is 6.41. The number of carbonyl (C=O) groups excluding carboxylic acids is 1. The first-order valence-electron chi connectivity index (χ1n) is 6.29. The third-order valence-electron chi connectivity index (χ3n) is 2.84. The van der Waals surface area contributed by atoms with Crippen molar-refractivity contribution < 1.29 is 9.53 Å². The summed E-state index contributed by atoms with van der Waals surface area (Å²) in [4.78, 5) is 21.4. The van der Waals surface area contributed by atoms with Gasteiger partial charge in [-0.05, 0) is 19.1 Å². The zero-order valence-corrected chi connectivity index (χ0v) is 12.9. The van der Waals surface area contributed by atoms with Crippen molar-refractivity contribution in [3.63, 3.8) is 0 Å². The summed E-state index contributed by atoms with van der Waals surface area (Å²) in [6.45, 7) is 2.21. The zero-order valence-electron chi connectivity index (χ0n) is 11.3. The lowest BCUT2D eigenvalue weighted by Gasteiger charge is -2.04. The monoisotopic (exact) mass is 316 g/mol. The highest BCUT2D eigenvalue weighted by atomic mass is 32.1. The van der Waals surface area contributed by atoms with Crippen molar-refractivity contribution in [1.29, 1.82) is 0 Å². The van der Waals surface area contributed by atoms with Gasteiger partial charge >= 0.3 is 5.97 Å². The van der Waals surface area contributed by atoms with Crippen molar-refractivity contribution in [3.05, 3.63) is 56.8 Å². The molecule has 0 aliphatic heterocycles. The molecule has 0 aliphatic carbocycles. The van der Waals surface area contributed by atoms with Crippen LogP contribution in [0.4, 0.5) is 0 Å². The highest BCUT2D eigenvalue weighted by Crippen LogP contribution is 2.22. The van der Waals surface area contributed by atoms with Gasteiger partial charge in [0.05, 0.1) is 26.7 Å². The molecule has 0 aliphatic rings. The Morgan fingerprint density at radius 1 is 1.33 bits per heavy atom. The van der Waals surface area contributed by atoms with Gasteiger partial charge in [0, 0.05) is 17.1 Å². The number of benzene rings is 1. The normalized spacial score (nSPS) is 10.5. The third-order valence-corrected chi connectivity index (χ3v) is 4.37. The molecule has 0 fully saturated rings. The Balaban J connectivity index is 1.74. The second-order valence-electron chi connectivity index (χ2n) is 4.38. The average molecular weight is 316 g/mol. The molecule has 106 valence electrons. The molecule has 0 bridgehead atoms. The minimum atomic E-state index is -0.336. The standard InChI is InChI=1S/C15H12N2O2S2/c1-10-17-14(8-20-10)11-3-2-4-12(5-11)15(18)19-7-13-6-16-9-21-13/h2-6,8-9H,7H2,1H3. The Kier molecular flexibility index (Phi) is 4.08. The van der Waals surface area contributed by atoms with Crippen molar-refractivity contribution in [1.82, 2.24) is 9.97 Å². The number of aromatic nitrogens is 2. The maximum absolute atomic E-state index is 12.1. The molecule has 0 amide bonds. The number of esters is 1. The van der Waals surface area contributed by atoms with E-state index in [-0.39, 0.29) is 12.6 Å². The molecule has 0 radical (unpaired) electrons. The van der Waals surface area contributed by atoms with Gasteiger partial charge in [0.25, 0.3) is 0 Å². The van der Waals surface area contributed by atoms with Gasteiger partial charge in [0.2, 0.25) is 0 Å². The predicted molar refractivity (Wildman–Crippen MR) is 83.5 cm³/mol. The number of aryl methyl sites for hydroxylation is 1. The fourth-order valence-electron chi connectivity index (χ4n) is 1.83. The Morgan fingerprint density at radius 2 is 2.24 bits per heavy atom. The predicted octanol–water partition coefficient (Wildman–Crippen LogP) is 3.93. The highest BCUT2D eigenvalue weighted by Gasteiger charge is 2.10. The molecule has 2 heterocycles. The molecule has 4 nitrogen and oxygen atoms in total. The first kappa shape index (κ1) is 13.9. The quantitative estimate of drug-likeness (QED) is 0.684. The Morgan fingerprint density at radius 3 is 2.95 bits per heavy atom. The van der Waals surface area contributed by atoms with Gasteiger partial charge in [-0.15, -0.1) is 22.7 Å². The van der Waals surface area contributed by atoms with Gasteiger partial charge in [0.15, 0.2) is 0 Å². The van der Waals surface area contributed by atoms with Crippen LogP contribution in [-0.2, 0) is 11.3 Å². The first-order chi connectivity index (χ1) is 10.2. The van der Waals surface area contributed by atoms with E-state index in [2.05, 4.69) is 9.97 Å². The van der Waals surface area contributed by atoms with E-state index in [9.17, 15) is 4.79 Å². The van der Waals surface area contributed by atoms with E-state index in [1.54, 1.807) is 29.1 Å². The van der Waals surface area contributed by atoms with Crippen LogP contribution in [0.2, 0.25) is 0 Å². The van der Waals surface area contributed by atoms with Gasteiger partial charge in [0.1, 0.15) is 6.61 Å². The van der Waals surface area contributed by atoms with E-state index in [4.69, 9.17) is 4.74 Å². The summed E-state index contributed by atoms with van der Waals surface area (Å²) in [6, 6.07) is 7.34. The summed E-state index contributed by atoms with van der Waals surface area (Å²) in [6.07, 6.45) is 1.70. The molecule has 21 heavy (non-hydrogen) atoms. The largest absolute Gasteiger partial charge is 0.456 e. The van der Waals surface area contributed by atoms with E-state index < -0.39 is 0 Å². The molecule has 0 unspecified atom stereocenters. The minimum absolute atomic E-state index is 0.254. The number of hydrogen-bond donors (Lipinski definition) is 0. The number of nitrogens with zero attached hydrogens (tertiary/aromatic N) is 2. The van der Waals surface area contributed by atoms with Gasteiger partial charge in [-0.25, -0.2) is 9.78 Å². The molecule has 0 atom stereocenters. The smallest absolute Gasteiger partial charge is 0.338 e. The van der Waals surface area contributed by atoms with Crippen molar-refractivity contribution in [3.8, 4) is 11.3 Å². The topological polar surface area (TPSA) is 52.1 Å². The summed E-state index contributed by atoms with van der Waals surface area (Å²) < 4.78 is 5.28. The molecule has 0 saturated carbocycles. The fourth-order valence-corrected chi connectivity index (χ4v) is 2.96. The maximum Gasteiger partial charge on any atom is 0.338 e. The lowest BCUT2D eigenvalue weighted by Crippen LogP contribution is -2.04. The van der Waals surface area contributed by atoms with Crippen molar-refractivity contribution in [2.75, 3.05) is 0 Å². The molecule has 0 N–H and O–H groups in total. The van der Waals surface area contributed by atoms with Crippen LogP contribution in [0.1, 0.15) is 20.2 Å². The summed E-state index contributed by atoms with van der Waals surface area (Å²) in [5, 5.41) is 2.99. The summed E-state index contributed by atoms with van der Waals surface area (Å²) in [5.41, 5.74) is 4.05. The van der Waals surface area contributed by atoms with Crippen LogP contribution in [0.3, 0.4) is 0 Å². The van der Waals surface area contributed by atoms with Crippen LogP contribution in [-0.4, -0.2) is 15.9 Å². The van der Waals surface area contributed by atoms with Crippen LogP contribution in [0.15, 0.2) is 41.4 Å². The molecule has 1 aromatic carbocycles. The number of ether oxygens (including phenoxy) is 1. The molecule has 3 aromatic rings. The van der Waals surface area contributed by atoms with Crippen LogP contribution in [0.25, 0.3) is 11.3 Å². The number of hydrogen-bond acceptors (Lipinski definition) is 6. The van der Waals surface area contributed by atoms with Crippen LogP contribution in [0.5, 0.6) is 0 Å². The number of rotatable bonds is 4. The zero-order chi connectivity index (χ0) is 14.7. The van der Waals surface area contributed by atoms with E-state index in [0.29, 0.717) is 5.56 Å². The first-order valence-corrected chi connectivity index (χ1v) is 8.05. The van der Waals surface area contributed by atoms with E-state index in [1.807, 2.05) is 30.5 Å². The minimum Gasteiger partial charge on any atom is -0.456 e. The van der Waals surface area contributed by atoms with E-state index in [1.165, 1.54) is 11.3 Å². The van der Waals surface area contributed by atoms with Crippen molar-refractivity contribution >= 4 is 28.6 Å². The van der Waals surface area contributed by atoms with Crippen molar-refractivity contribution in [2.45, 2.75) is 13.5 Å². The second kappa shape index (κ2) is 6.15. The lowest BCUT2D eigenvalue weighted by molar-refractivity contribution is 0.0476. The van der Waals surface area contributed by atoms with Crippen LogP contribution in [0, 0.1) is 6.92 Å². The Labute approximate surface area is 130 Å². The van der Waals surface area contributed by atoms with Gasteiger partial charge < -0.3 is 4.74 Å². The third kappa shape index (κ3) is 3.34.